The number of hydrogen-bond donors (Lipinski definition) is 3. The number of nitrogens with two attached hydrogens (primary N) is 1. The summed E-state index contributed by atoms with van der Waals surface area (Å²) in [6.07, 6.45) is 0.837. The van der Waals surface area contributed by atoms with Crippen molar-refractivity contribution in [2.75, 3.05) is 43.7 Å². The third kappa shape index (κ3) is 7.53. The second kappa shape index (κ2) is 15.2. The minimum absolute atomic E-state index is 0.00996. The highest BCUT2D eigenvalue weighted by Crippen LogP contribution is 2.44. The van der Waals surface area contributed by atoms with Gasteiger partial charge in [-0.15, -0.1) is 0 Å². The van der Waals surface area contributed by atoms with Gasteiger partial charge < -0.3 is 30.2 Å². The predicted octanol–water partition coefficient (Wildman–Crippen LogP) is 5.63. The fraction of sp³-hybridized carbons (Fsp3) is 0.333. The van der Waals surface area contributed by atoms with E-state index in [0.717, 1.165) is 0 Å². The molecule has 0 spiro atoms. The van der Waals surface area contributed by atoms with Crippen LogP contribution >= 0.6 is 0 Å². The molecular weight excluding hydrogens is 681 g/mol. The van der Waals surface area contributed by atoms with Gasteiger partial charge in [0.25, 0.3) is 0 Å². The summed E-state index contributed by atoms with van der Waals surface area (Å²) < 4.78 is 58.9. The number of likely N-dealkylation sites (tertiary alicyclic amines) is 1. The second-order valence-corrected chi connectivity index (χ2v) is 14.7. The Morgan fingerprint density at radius 1 is 1.02 bits per heavy atom. The van der Waals surface area contributed by atoms with E-state index in [2.05, 4.69) is 15.6 Å². The van der Waals surface area contributed by atoms with Crippen LogP contribution in [0.3, 0.4) is 0 Å². The molecule has 1 saturated heterocycles. The smallest absolute Gasteiger partial charge is 0.411 e. The van der Waals surface area contributed by atoms with E-state index >= 15 is 4.39 Å². The number of nitrogens with one attached hydrogen (secondary N) is 2. The number of methoxy groups -OCH3 is 2. The van der Waals surface area contributed by atoms with Gasteiger partial charge in [-0.1, -0.05) is 0 Å². The Labute approximate surface area is 295 Å². The first-order valence-electron chi connectivity index (χ1n) is 16.2. The molecule has 0 saturated carbocycles. The molecule has 0 bridgehead atoms. The van der Waals surface area contributed by atoms with Gasteiger partial charge in [0.15, 0.2) is 9.84 Å². The lowest BCUT2D eigenvalue weighted by molar-refractivity contribution is -0.147. The average Bonchev–Trinajstić information content (AvgIpc) is 3.56. The van der Waals surface area contributed by atoms with Crippen molar-refractivity contribution >= 4 is 55.8 Å². The van der Waals surface area contributed by atoms with Crippen molar-refractivity contribution in [1.82, 2.24) is 9.88 Å². The number of fused-ring (bicyclic) bond motifs is 1. The fourth-order valence-electron chi connectivity index (χ4n) is 6.26. The summed E-state index contributed by atoms with van der Waals surface area (Å²) in [6, 6.07) is 12.5. The van der Waals surface area contributed by atoms with E-state index in [4.69, 9.17) is 19.9 Å². The third-order valence-electron chi connectivity index (χ3n) is 8.81. The van der Waals surface area contributed by atoms with Crippen molar-refractivity contribution in [2.45, 2.75) is 49.4 Å². The molecule has 5 rings (SSSR count). The number of aromatic nitrogens is 1. The van der Waals surface area contributed by atoms with Crippen molar-refractivity contribution in [1.29, 1.82) is 0 Å². The minimum Gasteiger partial charge on any atom is -0.494 e. The molecule has 1 fully saturated rings. The number of anilines is 3. The SMILES string of the molecule is CCOc1ccc(F)c([C@@H](Nc2ccc3c(N)nccc3c2)C(=O)N2CC[C@@H](C(=O)OC)[C@H]2c2cc(NC(=O)OC)ccc2S(=O)(=O)C(C)C)c1. The number of esters is 1. The van der Waals surface area contributed by atoms with Gasteiger partial charge in [0.05, 0.1) is 42.9 Å². The maximum absolute atomic E-state index is 15.8. The summed E-state index contributed by atoms with van der Waals surface area (Å²) in [7, 11) is -1.63. The van der Waals surface area contributed by atoms with E-state index in [9.17, 15) is 22.8 Å². The number of ether oxygens (including phenoxy) is 3. The highest BCUT2D eigenvalue weighted by Gasteiger charge is 2.47. The number of pyridine rings is 1. The van der Waals surface area contributed by atoms with E-state index in [1.54, 1.807) is 37.4 Å². The van der Waals surface area contributed by atoms with Crippen molar-refractivity contribution in [3.8, 4) is 5.75 Å². The van der Waals surface area contributed by atoms with Crippen LogP contribution in [0, 0.1) is 11.7 Å². The number of carbonyl (C=O) groups excluding carboxylic acids is 3. The number of nitrogens with zero attached hydrogens (tertiary/aromatic N) is 2. The Morgan fingerprint density at radius 3 is 2.45 bits per heavy atom. The monoisotopic (exact) mass is 721 g/mol. The maximum atomic E-state index is 15.8. The molecule has 15 heteroatoms. The Bertz CT molecular complexity index is 2080. The van der Waals surface area contributed by atoms with Crippen molar-refractivity contribution < 1.29 is 41.4 Å². The first kappa shape index (κ1) is 36.8. The lowest BCUT2D eigenvalue weighted by Crippen LogP contribution is -2.40. The van der Waals surface area contributed by atoms with Crippen LogP contribution in [-0.4, -0.2) is 68.9 Å². The number of rotatable bonds is 11. The molecule has 0 unspecified atom stereocenters. The molecule has 2 heterocycles. The van der Waals surface area contributed by atoms with Crippen LogP contribution in [0.5, 0.6) is 5.75 Å². The highest BCUT2D eigenvalue weighted by molar-refractivity contribution is 7.92. The van der Waals surface area contributed by atoms with Gasteiger partial charge >= 0.3 is 12.1 Å². The molecule has 1 aliphatic rings. The molecule has 4 N–H and O–H groups in total. The number of sulfone groups is 1. The van der Waals surface area contributed by atoms with Crippen LogP contribution in [0.4, 0.5) is 26.4 Å². The van der Waals surface area contributed by atoms with Gasteiger partial charge in [-0.2, -0.15) is 0 Å². The van der Waals surface area contributed by atoms with Crippen molar-refractivity contribution in [3.05, 3.63) is 83.8 Å². The zero-order valence-electron chi connectivity index (χ0n) is 28.8. The summed E-state index contributed by atoms with van der Waals surface area (Å²) in [5.74, 6) is -2.41. The lowest BCUT2D eigenvalue weighted by atomic mass is 9.92. The first-order valence-corrected chi connectivity index (χ1v) is 17.8. The van der Waals surface area contributed by atoms with E-state index in [1.807, 2.05) is 0 Å². The van der Waals surface area contributed by atoms with Gasteiger partial charge in [0.2, 0.25) is 5.91 Å². The van der Waals surface area contributed by atoms with Crippen LogP contribution in [0.1, 0.15) is 50.4 Å². The van der Waals surface area contributed by atoms with Gasteiger partial charge in [0, 0.05) is 35.1 Å². The molecule has 3 aromatic carbocycles. The molecule has 13 nitrogen and oxygen atoms in total. The van der Waals surface area contributed by atoms with Crippen LogP contribution < -0.4 is 21.1 Å². The normalized spacial score (nSPS) is 16.5. The lowest BCUT2D eigenvalue weighted by Gasteiger charge is -2.33. The molecule has 4 aromatic rings. The summed E-state index contributed by atoms with van der Waals surface area (Å²) >= 11 is 0. The fourth-order valence-corrected chi connectivity index (χ4v) is 7.53. The number of benzene rings is 3. The quantitative estimate of drug-likeness (QED) is 0.163. The Hall–Kier alpha value is -5.44. The third-order valence-corrected chi connectivity index (χ3v) is 11.0. The molecule has 0 radical (unpaired) electrons. The highest BCUT2D eigenvalue weighted by atomic mass is 32.2. The number of nitrogen functional groups attached to an aromatic ring is 1. The van der Waals surface area contributed by atoms with Gasteiger partial charge in [-0.25, -0.2) is 22.6 Å². The molecular formula is C36H40FN5O8S. The van der Waals surface area contributed by atoms with E-state index < -0.39 is 56.9 Å². The van der Waals surface area contributed by atoms with E-state index in [1.165, 1.54) is 69.4 Å². The first-order chi connectivity index (χ1) is 24.3. The van der Waals surface area contributed by atoms with E-state index in [0.29, 0.717) is 28.0 Å². The Morgan fingerprint density at radius 2 is 1.76 bits per heavy atom. The van der Waals surface area contributed by atoms with E-state index in [-0.39, 0.29) is 41.3 Å². The number of carbonyl (C=O) groups is 3. The minimum atomic E-state index is -4.01. The van der Waals surface area contributed by atoms with Crippen LogP contribution in [0.2, 0.25) is 0 Å². The Kier molecular flexibility index (Phi) is 11.0. The number of amides is 2. The zero-order valence-corrected chi connectivity index (χ0v) is 29.6. The molecule has 1 aliphatic heterocycles. The average molecular weight is 722 g/mol. The number of halogens is 1. The summed E-state index contributed by atoms with van der Waals surface area (Å²) in [5.41, 5.74) is 6.70. The molecule has 2 amide bonds. The summed E-state index contributed by atoms with van der Waals surface area (Å²) in [5, 5.41) is 6.22. The van der Waals surface area contributed by atoms with Gasteiger partial charge in [-0.05, 0) is 98.8 Å². The van der Waals surface area contributed by atoms with Crippen LogP contribution in [0.25, 0.3) is 10.8 Å². The summed E-state index contributed by atoms with van der Waals surface area (Å²) in [4.78, 5) is 45.8. The standard InChI is InChI=1S/C36H40FN5O8S/c1-6-50-24-9-11-29(37)27(19-24)31(40-22-7-10-25-21(17-22)13-15-39-33(25)38)34(43)42-16-14-26(35(44)48-4)32(42)28-18-23(41-36(45)49-5)8-12-30(28)51(46,47)20(2)3/h7-13,15,17-20,26,31-32,40H,6,14,16H2,1-5H3,(H2,38,39)(H,41,45)/t26-,31-,32+/m1/s1. The van der Waals surface area contributed by atoms with Crippen LogP contribution in [0.15, 0.2) is 71.8 Å². The van der Waals surface area contributed by atoms with Gasteiger partial charge in [-0.3, -0.25) is 14.9 Å². The topological polar surface area (TPSA) is 179 Å². The molecule has 1 aromatic heterocycles. The Balaban J connectivity index is 1.69. The number of hydrogen-bond acceptors (Lipinski definition) is 11. The van der Waals surface area contributed by atoms with Crippen molar-refractivity contribution in [3.63, 3.8) is 0 Å². The largest absolute Gasteiger partial charge is 0.494 e. The zero-order chi connectivity index (χ0) is 37.0. The maximum Gasteiger partial charge on any atom is 0.411 e. The van der Waals surface area contributed by atoms with Crippen LogP contribution in [-0.2, 0) is 28.9 Å². The van der Waals surface area contributed by atoms with Crippen molar-refractivity contribution in [2.24, 2.45) is 5.92 Å². The molecule has 270 valence electrons. The second-order valence-electron chi connectivity index (χ2n) is 12.2. The summed E-state index contributed by atoms with van der Waals surface area (Å²) in [6.45, 7) is 5.07. The molecule has 0 aliphatic carbocycles. The predicted molar refractivity (Wildman–Crippen MR) is 189 cm³/mol. The molecule has 3 atom stereocenters. The van der Waals surface area contributed by atoms with Gasteiger partial charge in [0.1, 0.15) is 23.4 Å². The molecule has 51 heavy (non-hydrogen) atoms.